The number of aliphatic hydroxyl groups is 2. The van der Waals surface area contributed by atoms with E-state index in [1.165, 1.54) is 25.7 Å². The van der Waals surface area contributed by atoms with E-state index < -0.39 is 6.10 Å². The highest BCUT2D eigenvalue weighted by Gasteiger charge is 2.41. The van der Waals surface area contributed by atoms with Crippen LogP contribution in [-0.2, 0) is 17.8 Å². The van der Waals surface area contributed by atoms with Crippen molar-refractivity contribution in [3.63, 3.8) is 0 Å². The number of hydrogen-bond donors (Lipinski definition) is 3. The van der Waals surface area contributed by atoms with Gasteiger partial charge in [0, 0.05) is 55.4 Å². The second-order valence-electron chi connectivity index (χ2n) is 12.1. The molecule has 7 heterocycles. The molecule has 216 valence electrons. The van der Waals surface area contributed by atoms with Gasteiger partial charge in [-0.2, -0.15) is 0 Å². The number of carbonyl (C=O) groups excluding carboxylic acids is 1. The van der Waals surface area contributed by atoms with E-state index in [9.17, 15) is 15.0 Å². The Morgan fingerprint density at radius 3 is 2.66 bits per heavy atom. The first kappa shape index (κ1) is 26.5. The second-order valence-corrected chi connectivity index (χ2v) is 12.1. The van der Waals surface area contributed by atoms with Gasteiger partial charge < -0.3 is 25.3 Å². The number of hydrogen-bond acceptors (Lipinski definition) is 10. The van der Waals surface area contributed by atoms with Gasteiger partial charge in [-0.15, -0.1) is 0 Å². The number of aliphatic hydroxyl groups excluding tert-OH is 2. The van der Waals surface area contributed by atoms with Crippen molar-refractivity contribution in [3.8, 4) is 0 Å². The monoisotopic (exact) mass is 558 g/mol. The van der Waals surface area contributed by atoms with Crippen molar-refractivity contribution >= 4 is 34.4 Å². The number of fused-ring (bicyclic) bond motifs is 4. The summed E-state index contributed by atoms with van der Waals surface area (Å²) in [4.78, 5) is 38.5. The van der Waals surface area contributed by atoms with Crippen LogP contribution in [-0.4, -0.2) is 90.2 Å². The maximum Gasteiger partial charge on any atom is 0.237 e. The smallest absolute Gasteiger partial charge is 0.237 e. The average Bonchev–Trinajstić information content (AvgIpc) is 3.57. The second kappa shape index (κ2) is 10.8. The Morgan fingerprint density at radius 1 is 1.10 bits per heavy atom. The Kier molecular flexibility index (Phi) is 6.96. The van der Waals surface area contributed by atoms with Crippen LogP contribution >= 0.6 is 0 Å². The summed E-state index contributed by atoms with van der Waals surface area (Å²) >= 11 is 0. The van der Waals surface area contributed by atoms with Crippen molar-refractivity contribution in [3.05, 3.63) is 41.3 Å². The lowest BCUT2D eigenvalue weighted by Gasteiger charge is -2.33. The SMILES string of the molecule is CC(O)c1cc2cnc(Nc3ccc4c(n3)CCN(C(=O)CN3CCCC(O)C3)C4)nc2c(N2C3CCC2CC3)n1. The summed E-state index contributed by atoms with van der Waals surface area (Å²) in [5.74, 6) is 2.07. The maximum atomic E-state index is 13.0. The predicted octanol–water partition coefficient (Wildman–Crippen LogP) is 2.69. The molecule has 7 rings (SSSR count). The maximum absolute atomic E-state index is 13.0. The van der Waals surface area contributed by atoms with Gasteiger partial charge in [-0.25, -0.2) is 19.9 Å². The lowest BCUT2D eigenvalue weighted by molar-refractivity contribution is -0.134. The van der Waals surface area contributed by atoms with E-state index in [0.29, 0.717) is 62.1 Å². The van der Waals surface area contributed by atoms with Crippen LogP contribution in [0.25, 0.3) is 10.9 Å². The molecule has 3 aromatic heterocycles. The van der Waals surface area contributed by atoms with E-state index in [0.717, 1.165) is 47.4 Å². The van der Waals surface area contributed by atoms with Crippen molar-refractivity contribution in [1.29, 1.82) is 0 Å². The van der Waals surface area contributed by atoms with Gasteiger partial charge in [0.1, 0.15) is 11.3 Å². The lowest BCUT2D eigenvalue weighted by atomic mass is 10.0. The van der Waals surface area contributed by atoms with Gasteiger partial charge in [0.15, 0.2) is 5.82 Å². The summed E-state index contributed by atoms with van der Waals surface area (Å²) in [6.45, 7) is 4.70. The van der Waals surface area contributed by atoms with Crippen LogP contribution < -0.4 is 10.2 Å². The molecular formula is C30H38N8O3. The van der Waals surface area contributed by atoms with E-state index in [2.05, 4.69) is 20.1 Å². The highest BCUT2D eigenvalue weighted by atomic mass is 16.3. The molecule has 11 heteroatoms. The molecule has 2 atom stereocenters. The molecule has 0 aromatic carbocycles. The summed E-state index contributed by atoms with van der Waals surface area (Å²) < 4.78 is 0. The van der Waals surface area contributed by atoms with Crippen molar-refractivity contribution < 1.29 is 15.0 Å². The number of likely N-dealkylation sites (tertiary alicyclic amines) is 1. The molecule has 41 heavy (non-hydrogen) atoms. The molecular weight excluding hydrogens is 520 g/mol. The number of amides is 1. The Bertz CT molecular complexity index is 1450. The molecule has 0 radical (unpaired) electrons. The highest BCUT2D eigenvalue weighted by molar-refractivity contribution is 5.90. The van der Waals surface area contributed by atoms with Gasteiger partial charge in [-0.1, -0.05) is 6.07 Å². The van der Waals surface area contributed by atoms with Crippen molar-refractivity contribution in [2.24, 2.45) is 0 Å². The zero-order chi connectivity index (χ0) is 28.1. The van der Waals surface area contributed by atoms with Crippen LogP contribution in [0.3, 0.4) is 0 Å². The Balaban J connectivity index is 1.09. The minimum Gasteiger partial charge on any atom is -0.392 e. The quantitative estimate of drug-likeness (QED) is 0.415. The molecule has 3 N–H and O–H groups in total. The summed E-state index contributed by atoms with van der Waals surface area (Å²) in [5, 5.41) is 24.4. The minimum absolute atomic E-state index is 0.103. The Labute approximate surface area is 239 Å². The predicted molar refractivity (Wildman–Crippen MR) is 155 cm³/mol. The summed E-state index contributed by atoms with van der Waals surface area (Å²) in [5.41, 5.74) is 3.46. The van der Waals surface area contributed by atoms with Crippen molar-refractivity contribution in [2.45, 2.75) is 82.7 Å². The topological polar surface area (TPSA) is 131 Å². The number of β-amino-alcohol motifs (C(OH)–C–C–N with tert-alkyl or cyclic N) is 1. The third kappa shape index (κ3) is 5.22. The van der Waals surface area contributed by atoms with Crippen LogP contribution in [0.4, 0.5) is 17.6 Å². The molecule has 3 fully saturated rings. The van der Waals surface area contributed by atoms with Crippen LogP contribution in [0.5, 0.6) is 0 Å². The number of pyridine rings is 2. The lowest BCUT2D eigenvalue weighted by Crippen LogP contribution is -2.46. The van der Waals surface area contributed by atoms with Gasteiger partial charge >= 0.3 is 0 Å². The van der Waals surface area contributed by atoms with Crippen molar-refractivity contribution in [1.82, 2.24) is 29.7 Å². The molecule has 3 aromatic rings. The first-order valence-electron chi connectivity index (χ1n) is 15.0. The molecule has 11 nitrogen and oxygen atoms in total. The van der Waals surface area contributed by atoms with E-state index in [1.807, 2.05) is 23.1 Å². The van der Waals surface area contributed by atoms with E-state index in [4.69, 9.17) is 15.0 Å². The molecule has 0 spiro atoms. The summed E-state index contributed by atoms with van der Waals surface area (Å²) in [6, 6.07) is 6.78. The summed E-state index contributed by atoms with van der Waals surface area (Å²) in [6.07, 6.45) is 7.92. The number of carbonyl (C=O) groups is 1. The molecule has 3 saturated heterocycles. The van der Waals surface area contributed by atoms with Gasteiger partial charge in [0.05, 0.1) is 24.4 Å². The molecule has 0 saturated carbocycles. The van der Waals surface area contributed by atoms with Crippen LogP contribution in [0.1, 0.15) is 68.5 Å². The fourth-order valence-electron chi connectivity index (χ4n) is 7.03. The van der Waals surface area contributed by atoms with E-state index in [1.54, 1.807) is 13.1 Å². The standard InChI is InChI=1S/C30H38N8O3/c1-18(39)25-13-20-14-31-30(35-28(20)29(33-25)38-21-5-6-22(38)8-7-21)34-26-9-4-19-15-37(12-10-24(19)32-26)27(41)17-36-11-2-3-23(40)16-36/h4,9,13-14,18,21-23,39-40H,2-3,5-8,10-12,15-17H2,1H3,(H,31,32,34,35). The molecule has 0 aliphatic carbocycles. The Morgan fingerprint density at radius 2 is 1.90 bits per heavy atom. The first-order valence-corrected chi connectivity index (χ1v) is 15.0. The first-order chi connectivity index (χ1) is 19.9. The van der Waals surface area contributed by atoms with Gasteiger partial charge in [0.2, 0.25) is 11.9 Å². The van der Waals surface area contributed by atoms with Gasteiger partial charge in [0.25, 0.3) is 0 Å². The normalized spacial score (nSPS) is 25.0. The fourth-order valence-corrected chi connectivity index (χ4v) is 7.03. The van der Waals surface area contributed by atoms with Gasteiger partial charge in [-0.05, 0) is 69.7 Å². The number of anilines is 3. The number of piperidine rings is 1. The molecule has 2 unspecified atom stereocenters. The summed E-state index contributed by atoms with van der Waals surface area (Å²) in [7, 11) is 0. The van der Waals surface area contributed by atoms with Gasteiger partial charge in [-0.3, -0.25) is 9.69 Å². The molecule has 4 aliphatic heterocycles. The van der Waals surface area contributed by atoms with Crippen LogP contribution in [0.2, 0.25) is 0 Å². The highest BCUT2D eigenvalue weighted by Crippen LogP contribution is 2.42. The van der Waals surface area contributed by atoms with E-state index >= 15 is 0 Å². The van der Waals surface area contributed by atoms with E-state index in [-0.39, 0.29) is 12.0 Å². The Hall–Kier alpha value is -3.41. The minimum atomic E-state index is -0.667. The van der Waals surface area contributed by atoms with Crippen LogP contribution in [0, 0.1) is 0 Å². The zero-order valence-electron chi connectivity index (χ0n) is 23.5. The van der Waals surface area contributed by atoms with Crippen LogP contribution in [0.15, 0.2) is 24.4 Å². The zero-order valence-corrected chi connectivity index (χ0v) is 23.5. The number of nitrogens with one attached hydrogen (secondary N) is 1. The molecule has 2 bridgehead atoms. The number of rotatable bonds is 6. The molecule has 1 amide bonds. The van der Waals surface area contributed by atoms with Crippen molar-refractivity contribution in [2.75, 3.05) is 36.4 Å². The average molecular weight is 559 g/mol. The largest absolute Gasteiger partial charge is 0.392 e. The number of aromatic nitrogens is 4. The third-order valence-corrected chi connectivity index (χ3v) is 9.17. The molecule has 4 aliphatic rings. The third-order valence-electron chi connectivity index (χ3n) is 9.17. The fraction of sp³-hybridized carbons (Fsp3) is 0.567. The number of nitrogens with zero attached hydrogens (tertiary/aromatic N) is 7.